The third-order valence-electron chi connectivity index (χ3n) is 5.91. The van der Waals surface area contributed by atoms with E-state index in [-0.39, 0.29) is 5.91 Å². The van der Waals surface area contributed by atoms with Crippen LogP contribution in [0.25, 0.3) is 32.7 Å². The highest BCUT2D eigenvalue weighted by Crippen LogP contribution is 2.35. The van der Waals surface area contributed by atoms with Crippen molar-refractivity contribution in [1.29, 1.82) is 0 Å². The Hall–Kier alpha value is -4.02. The van der Waals surface area contributed by atoms with Crippen LogP contribution in [0.2, 0.25) is 0 Å². The number of methoxy groups -OCH3 is 2. The Kier molecular flexibility index (Phi) is 8.33. The summed E-state index contributed by atoms with van der Waals surface area (Å²) in [5.41, 5.74) is 4.51. The highest BCUT2D eigenvalue weighted by Gasteiger charge is 2.16. The van der Waals surface area contributed by atoms with Gasteiger partial charge in [-0.2, -0.15) is 0 Å². The lowest BCUT2D eigenvalue weighted by atomic mass is 10.0. The van der Waals surface area contributed by atoms with E-state index in [2.05, 4.69) is 15.3 Å². The van der Waals surface area contributed by atoms with Crippen molar-refractivity contribution in [2.75, 3.05) is 31.9 Å². The number of ether oxygens (including phenoxy) is 3. The minimum absolute atomic E-state index is 0.0936. The van der Waals surface area contributed by atoms with Crippen molar-refractivity contribution in [2.24, 2.45) is 0 Å². The Morgan fingerprint density at radius 2 is 1.59 bits per heavy atom. The number of aromatic amines is 1. The summed E-state index contributed by atoms with van der Waals surface area (Å²) in [6.45, 7) is 2.55. The van der Waals surface area contributed by atoms with Gasteiger partial charge < -0.3 is 24.5 Å². The molecule has 0 saturated carbocycles. The Morgan fingerprint density at radius 1 is 0.923 bits per heavy atom. The number of thiazole rings is 1. The number of anilines is 1. The average molecular weight is 561 g/mol. The highest BCUT2D eigenvalue weighted by atomic mass is 32.2. The molecule has 0 fully saturated rings. The van der Waals surface area contributed by atoms with E-state index in [1.807, 2.05) is 73.7 Å². The van der Waals surface area contributed by atoms with Gasteiger partial charge in [0.2, 0.25) is 5.91 Å². The largest absolute Gasteiger partial charge is 0.497 e. The van der Waals surface area contributed by atoms with Gasteiger partial charge in [0.25, 0.3) is 0 Å². The molecule has 3 aromatic carbocycles. The van der Waals surface area contributed by atoms with Crippen molar-refractivity contribution in [2.45, 2.75) is 18.5 Å². The Morgan fingerprint density at radius 3 is 2.26 bits per heavy atom. The number of rotatable bonds is 11. The van der Waals surface area contributed by atoms with Crippen LogP contribution < -0.4 is 19.5 Å². The van der Waals surface area contributed by atoms with Crippen molar-refractivity contribution in [3.05, 3.63) is 66.7 Å². The third-order valence-corrected chi connectivity index (χ3v) is 7.72. The molecule has 0 saturated heterocycles. The zero-order valence-corrected chi connectivity index (χ0v) is 23.4. The molecule has 0 unspecified atom stereocenters. The second kappa shape index (κ2) is 12.2. The zero-order chi connectivity index (χ0) is 27.2. The average Bonchev–Trinajstić information content (AvgIpc) is 3.57. The van der Waals surface area contributed by atoms with Gasteiger partial charge in [0, 0.05) is 23.3 Å². The molecule has 0 radical (unpaired) electrons. The number of hydrogen-bond acceptors (Lipinski definition) is 8. The number of H-pyrrole nitrogens is 1. The fraction of sp³-hybridized carbons (Fsp3) is 0.207. The molecule has 8 nitrogen and oxygen atoms in total. The van der Waals surface area contributed by atoms with Crippen LogP contribution in [-0.4, -0.2) is 47.4 Å². The second-order valence-corrected chi connectivity index (χ2v) is 10.6. The zero-order valence-electron chi connectivity index (χ0n) is 21.8. The van der Waals surface area contributed by atoms with E-state index in [9.17, 15) is 4.79 Å². The maximum Gasteiger partial charge on any atom is 0.226 e. The standard InChI is InChI=1S/C29H28N4O4S2/c1-4-37-22-13-14-23-24(17-22)39-29(30-23)31-25(34)15-16-38-28-32-26(18-5-9-20(35-2)10-6-18)27(33-28)19-7-11-21(36-3)12-8-19/h5-14,17H,4,15-16H2,1-3H3,(H,32,33)(H,30,31,34). The molecule has 10 heteroatoms. The molecule has 0 aliphatic rings. The van der Waals surface area contributed by atoms with Crippen LogP contribution in [0.1, 0.15) is 13.3 Å². The normalized spacial score (nSPS) is 10.9. The molecule has 0 bridgehead atoms. The maximum absolute atomic E-state index is 12.6. The lowest BCUT2D eigenvalue weighted by Crippen LogP contribution is -2.11. The van der Waals surface area contributed by atoms with Crippen molar-refractivity contribution in [1.82, 2.24) is 15.0 Å². The molecule has 5 aromatic rings. The summed E-state index contributed by atoms with van der Waals surface area (Å²) in [7, 11) is 3.29. The molecule has 2 heterocycles. The van der Waals surface area contributed by atoms with Crippen molar-refractivity contribution < 1.29 is 19.0 Å². The van der Waals surface area contributed by atoms with E-state index in [1.165, 1.54) is 23.1 Å². The number of nitrogens with zero attached hydrogens (tertiary/aromatic N) is 2. The fourth-order valence-electron chi connectivity index (χ4n) is 3.98. The molecule has 0 aliphatic heterocycles. The van der Waals surface area contributed by atoms with Gasteiger partial charge >= 0.3 is 0 Å². The summed E-state index contributed by atoms with van der Waals surface area (Å²) in [4.78, 5) is 25.5. The summed E-state index contributed by atoms with van der Waals surface area (Å²) in [6.07, 6.45) is 0.321. The number of benzene rings is 3. The summed E-state index contributed by atoms with van der Waals surface area (Å²) < 4.78 is 17.1. The van der Waals surface area contributed by atoms with Crippen LogP contribution in [0.3, 0.4) is 0 Å². The molecule has 0 spiro atoms. The highest BCUT2D eigenvalue weighted by molar-refractivity contribution is 7.99. The van der Waals surface area contributed by atoms with Crippen molar-refractivity contribution in [3.63, 3.8) is 0 Å². The smallest absolute Gasteiger partial charge is 0.226 e. The Labute approximate surface area is 234 Å². The predicted molar refractivity (Wildman–Crippen MR) is 157 cm³/mol. The minimum Gasteiger partial charge on any atom is -0.497 e. The number of thioether (sulfide) groups is 1. The van der Waals surface area contributed by atoms with Crippen LogP contribution in [-0.2, 0) is 4.79 Å². The summed E-state index contributed by atoms with van der Waals surface area (Å²) in [5, 5.41) is 4.24. The molecule has 39 heavy (non-hydrogen) atoms. The molecular formula is C29H28N4O4S2. The molecule has 0 aliphatic carbocycles. The van der Waals surface area contributed by atoms with Gasteiger partial charge in [0.15, 0.2) is 10.3 Å². The van der Waals surface area contributed by atoms with Crippen LogP contribution in [0.15, 0.2) is 71.9 Å². The Balaban J connectivity index is 1.27. The number of fused-ring (bicyclic) bond motifs is 1. The van der Waals surface area contributed by atoms with Crippen LogP contribution in [0.4, 0.5) is 5.13 Å². The quantitative estimate of drug-likeness (QED) is 0.170. The van der Waals surface area contributed by atoms with Crippen LogP contribution in [0, 0.1) is 0 Å². The van der Waals surface area contributed by atoms with Gasteiger partial charge in [-0.15, -0.1) is 0 Å². The molecule has 1 amide bonds. The summed E-state index contributed by atoms with van der Waals surface area (Å²) >= 11 is 2.94. The van der Waals surface area contributed by atoms with Gasteiger partial charge in [0.05, 0.1) is 42.4 Å². The SMILES string of the molecule is CCOc1ccc2nc(NC(=O)CCSc3nc(-c4ccc(OC)cc4)c(-c4ccc(OC)cc4)[nH]3)sc2c1. The molecule has 2 N–H and O–H groups in total. The van der Waals surface area contributed by atoms with E-state index < -0.39 is 0 Å². The molecule has 200 valence electrons. The van der Waals surface area contributed by atoms with E-state index in [0.29, 0.717) is 23.9 Å². The lowest BCUT2D eigenvalue weighted by Gasteiger charge is -2.06. The van der Waals surface area contributed by atoms with Crippen LogP contribution >= 0.6 is 23.1 Å². The first-order chi connectivity index (χ1) is 19.1. The van der Waals surface area contributed by atoms with Gasteiger partial charge in [-0.05, 0) is 73.7 Å². The van der Waals surface area contributed by atoms with E-state index >= 15 is 0 Å². The van der Waals surface area contributed by atoms with Gasteiger partial charge in [-0.1, -0.05) is 23.1 Å². The number of hydrogen-bond donors (Lipinski definition) is 2. The predicted octanol–water partition coefficient (Wildman–Crippen LogP) is 6.89. The number of carbonyl (C=O) groups is 1. The lowest BCUT2D eigenvalue weighted by molar-refractivity contribution is -0.115. The van der Waals surface area contributed by atoms with E-state index in [1.54, 1.807) is 14.2 Å². The number of amides is 1. The first kappa shape index (κ1) is 26.6. The number of nitrogens with one attached hydrogen (secondary N) is 2. The molecular weight excluding hydrogens is 532 g/mol. The number of imidazole rings is 1. The first-order valence-corrected chi connectivity index (χ1v) is 14.2. The monoisotopic (exact) mass is 560 g/mol. The minimum atomic E-state index is -0.0936. The molecule has 0 atom stereocenters. The fourth-order valence-corrected chi connectivity index (χ4v) is 5.70. The van der Waals surface area contributed by atoms with Crippen molar-refractivity contribution >= 4 is 44.4 Å². The van der Waals surface area contributed by atoms with E-state index in [0.717, 1.165) is 55.1 Å². The number of carbonyl (C=O) groups excluding carboxylic acids is 1. The topological polar surface area (TPSA) is 98.4 Å². The van der Waals surface area contributed by atoms with Crippen LogP contribution in [0.5, 0.6) is 17.2 Å². The van der Waals surface area contributed by atoms with E-state index in [4.69, 9.17) is 19.2 Å². The molecule has 2 aromatic heterocycles. The Bertz CT molecular complexity index is 1500. The van der Waals surface area contributed by atoms with Crippen molar-refractivity contribution in [3.8, 4) is 39.8 Å². The number of aromatic nitrogens is 3. The third kappa shape index (κ3) is 6.35. The second-order valence-electron chi connectivity index (χ2n) is 8.45. The molecule has 5 rings (SSSR count). The van der Waals surface area contributed by atoms with Gasteiger partial charge in [-0.25, -0.2) is 9.97 Å². The van der Waals surface area contributed by atoms with Gasteiger partial charge in [-0.3, -0.25) is 4.79 Å². The summed E-state index contributed by atoms with van der Waals surface area (Å²) in [6, 6.07) is 21.4. The maximum atomic E-state index is 12.6. The first-order valence-electron chi connectivity index (χ1n) is 12.4. The van der Waals surface area contributed by atoms with Gasteiger partial charge in [0.1, 0.15) is 17.2 Å². The summed E-state index contributed by atoms with van der Waals surface area (Å²) in [5.74, 6) is 2.83.